The maximum absolute atomic E-state index is 6.17. The minimum Gasteiger partial charge on any atom is -0.313 e. The second-order valence-electron chi connectivity index (χ2n) is 3.37. The van der Waals surface area contributed by atoms with Gasteiger partial charge in [0.2, 0.25) is 0 Å². The van der Waals surface area contributed by atoms with Crippen LogP contribution in [-0.4, -0.2) is 12.3 Å². The fourth-order valence-corrected chi connectivity index (χ4v) is 2.38. The summed E-state index contributed by atoms with van der Waals surface area (Å²) in [4.78, 5) is 1.18. The lowest BCUT2D eigenvalue weighted by atomic mass is 10.2. The molecule has 15 heavy (non-hydrogen) atoms. The minimum atomic E-state index is 0.873. The molecule has 84 valence electrons. The Hall–Kier alpha value is -0.180. The van der Waals surface area contributed by atoms with E-state index in [1.807, 2.05) is 0 Å². The predicted molar refractivity (Wildman–Crippen MR) is 69.8 cm³/mol. The lowest BCUT2D eigenvalue weighted by Crippen LogP contribution is -2.13. The van der Waals surface area contributed by atoms with Crippen LogP contribution in [0.2, 0.25) is 5.02 Å². The fourth-order valence-electron chi connectivity index (χ4n) is 1.34. The second kappa shape index (κ2) is 7.15. The van der Waals surface area contributed by atoms with Crippen molar-refractivity contribution in [1.29, 1.82) is 0 Å². The third-order valence-corrected chi connectivity index (χ3v) is 3.43. The summed E-state index contributed by atoms with van der Waals surface area (Å²) in [6.07, 6.45) is 1.16. The molecule has 0 bridgehead atoms. The second-order valence-corrected chi connectivity index (χ2v) is 5.09. The van der Waals surface area contributed by atoms with Crippen molar-refractivity contribution in [3.8, 4) is 0 Å². The van der Waals surface area contributed by atoms with Crippen molar-refractivity contribution >= 4 is 23.4 Å². The third-order valence-electron chi connectivity index (χ3n) is 2.05. The van der Waals surface area contributed by atoms with Crippen molar-refractivity contribution in [1.82, 2.24) is 5.32 Å². The van der Waals surface area contributed by atoms with E-state index in [0.29, 0.717) is 0 Å². The highest BCUT2D eigenvalue weighted by molar-refractivity contribution is 7.99. The van der Waals surface area contributed by atoms with Crippen molar-refractivity contribution in [3.05, 3.63) is 28.8 Å². The van der Waals surface area contributed by atoms with Crippen LogP contribution < -0.4 is 5.32 Å². The summed E-state index contributed by atoms with van der Waals surface area (Å²) < 4.78 is 0. The summed E-state index contributed by atoms with van der Waals surface area (Å²) in [6, 6.07) is 6.31. The first-order valence-electron chi connectivity index (χ1n) is 5.39. The highest BCUT2D eigenvalue weighted by atomic mass is 35.5. The van der Waals surface area contributed by atoms with Crippen LogP contribution >= 0.6 is 23.4 Å². The van der Waals surface area contributed by atoms with E-state index < -0.39 is 0 Å². The lowest BCUT2D eigenvalue weighted by Gasteiger charge is -2.06. The average Bonchev–Trinajstić information content (AvgIpc) is 2.23. The Morgan fingerprint density at radius 2 is 2.13 bits per heavy atom. The van der Waals surface area contributed by atoms with E-state index in [2.05, 4.69) is 37.4 Å². The van der Waals surface area contributed by atoms with Crippen molar-refractivity contribution in [3.63, 3.8) is 0 Å². The lowest BCUT2D eigenvalue weighted by molar-refractivity contribution is 0.675. The van der Waals surface area contributed by atoms with E-state index in [1.54, 1.807) is 11.8 Å². The maximum atomic E-state index is 6.17. The zero-order valence-electron chi connectivity index (χ0n) is 9.35. The number of hydrogen-bond donors (Lipinski definition) is 1. The Morgan fingerprint density at radius 1 is 1.33 bits per heavy atom. The summed E-state index contributed by atoms with van der Waals surface area (Å²) >= 11 is 7.96. The monoisotopic (exact) mass is 243 g/mol. The number of hydrogen-bond acceptors (Lipinski definition) is 2. The molecule has 0 amide bonds. The smallest absolute Gasteiger partial charge is 0.0545 e. The Morgan fingerprint density at radius 3 is 2.73 bits per heavy atom. The van der Waals surface area contributed by atoms with Crippen LogP contribution in [0.15, 0.2) is 23.1 Å². The number of benzene rings is 1. The van der Waals surface area contributed by atoms with Gasteiger partial charge in [-0.3, -0.25) is 0 Å². The molecule has 0 aliphatic rings. The molecule has 1 N–H and O–H groups in total. The van der Waals surface area contributed by atoms with Crippen LogP contribution in [0.3, 0.4) is 0 Å². The molecule has 1 aromatic carbocycles. The van der Waals surface area contributed by atoms with E-state index in [4.69, 9.17) is 11.6 Å². The minimum absolute atomic E-state index is 0.873. The highest BCUT2D eigenvalue weighted by Gasteiger charge is 2.01. The molecule has 0 heterocycles. The number of thioether (sulfide) groups is 1. The van der Waals surface area contributed by atoms with Gasteiger partial charge in [-0.15, -0.1) is 11.8 Å². The Balaban J connectivity index is 2.56. The van der Waals surface area contributed by atoms with Crippen molar-refractivity contribution in [2.75, 3.05) is 12.3 Å². The third kappa shape index (κ3) is 4.45. The number of halogens is 1. The van der Waals surface area contributed by atoms with Gasteiger partial charge in [-0.05, 0) is 36.4 Å². The molecule has 1 nitrogen and oxygen atoms in total. The standard InChI is InChI=1S/C12H18ClNS/c1-3-7-14-9-10-5-6-12(15-4-2)11(13)8-10/h5-6,8,14H,3-4,7,9H2,1-2H3. The van der Waals surface area contributed by atoms with Crippen molar-refractivity contribution in [2.24, 2.45) is 0 Å². The van der Waals surface area contributed by atoms with Gasteiger partial charge in [0.15, 0.2) is 0 Å². The zero-order chi connectivity index (χ0) is 11.1. The maximum Gasteiger partial charge on any atom is 0.0545 e. The molecule has 0 saturated heterocycles. The van der Waals surface area contributed by atoms with Gasteiger partial charge in [0.25, 0.3) is 0 Å². The molecule has 0 unspecified atom stereocenters. The molecule has 0 aromatic heterocycles. The van der Waals surface area contributed by atoms with Crippen LogP contribution in [0, 0.1) is 0 Å². The van der Waals surface area contributed by atoms with Crippen LogP contribution in [0.1, 0.15) is 25.8 Å². The summed E-state index contributed by atoms with van der Waals surface area (Å²) in [5.41, 5.74) is 1.26. The summed E-state index contributed by atoms with van der Waals surface area (Å²) in [5, 5.41) is 4.24. The molecule has 3 heteroatoms. The van der Waals surface area contributed by atoms with Gasteiger partial charge >= 0.3 is 0 Å². The predicted octanol–water partition coefficient (Wildman–Crippen LogP) is 3.95. The van der Waals surface area contributed by atoms with Crippen molar-refractivity contribution < 1.29 is 0 Å². The van der Waals surface area contributed by atoms with E-state index >= 15 is 0 Å². The van der Waals surface area contributed by atoms with Crippen LogP contribution in [-0.2, 0) is 6.54 Å². The van der Waals surface area contributed by atoms with E-state index in [0.717, 1.165) is 30.3 Å². The van der Waals surface area contributed by atoms with Gasteiger partial charge in [-0.25, -0.2) is 0 Å². The van der Waals surface area contributed by atoms with Crippen LogP contribution in [0.25, 0.3) is 0 Å². The molecule has 0 radical (unpaired) electrons. The highest BCUT2D eigenvalue weighted by Crippen LogP contribution is 2.27. The van der Waals surface area contributed by atoms with Gasteiger partial charge < -0.3 is 5.32 Å². The molecular weight excluding hydrogens is 226 g/mol. The molecule has 0 spiro atoms. The summed E-state index contributed by atoms with van der Waals surface area (Å²) in [6.45, 7) is 6.27. The summed E-state index contributed by atoms with van der Waals surface area (Å²) in [5.74, 6) is 1.06. The average molecular weight is 244 g/mol. The quantitative estimate of drug-likeness (QED) is 0.600. The Bertz CT molecular complexity index is 302. The Kier molecular flexibility index (Phi) is 6.15. The first-order chi connectivity index (χ1) is 7.27. The first kappa shape index (κ1) is 12.9. The van der Waals surface area contributed by atoms with E-state index in [-0.39, 0.29) is 0 Å². The van der Waals surface area contributed by atoms with Gasteiger partial charge in [-0.2, -0.15) is 0 Å². The van der Waals surface area contributed by atoms with Crippen LogP contribution in [0.4, 0.5) is 0 Å². The van der Waals surface area contributed by atoms with E-state index in [1.165, 1.54) is 10.5 Å². The van der Waals surface area contributed by atoms with Gasteiger partial charge in [-0.1, -0.05) is 31.5 Å². The number of rotatable bonds is 6. The zero-order valence-corrected chi connectivity index (χ0v) is 10.9. The molecular formula is C12H18ClNS. The molecule has 0 aliphatic heterocycles. The SMILES string of the molecule is CCCNCc1ccc(SCC)c(Cl)c1. The Labute approximate surface area is 102 Å². The first-order valence-corrected chi connectivity index (χ1v) is 6.76. The van der Waals surface area contributed by atoms with Gasteiger partial charge in [0.1, 0.15) is 0 Å². The van der Waals surface area contributed by atoms with Crippen LogP contribution in [0.5, 0.6) is 0 Å². The largest absolute Gasteiger partial charge is 0.313 e. The molecule has 1 rings (SSSR count). The molecule has 0 fully saturated rings. The van der Waals surface area contributed by atoms with Gasteiger partial charge in [0, 0.05) is 11.4 Å². The summed E-state index contributed by atoms with van der Waals surface area (Å²) in [7, 11) is 0. The van der Waals surface area contributed by atoms with E-state index in [9.17, 15) is 0 Å². The molecule has 0 saturated carbocycles. The molecule has 0 atom stereocenters. The molecule has 1 aromatic rings. The van der Waals surface area contributed by atoms with Gasteiger partial charge in [0.05, 0.1) is 5.02 Å². The topological polar surface area (TPSA) is 12.0 Å². The number of nitrogens with one attached hydrogen (secondary N) is 1. The normalized spacial score (nSPS) is 10.6. The van der Waals surface area contributed by atoms with Crippen molar-refractivity contribution in [2.45, 2.75) is 31.7 Å². The fraction of sp³-hybridized carbons (Fsp3) is 0.500. The molecule has 0 aliphatic carbocycles.